The molecule has 0 spiro atoms. The topological polar surface area (TPSA) is 123 Å². The second kappa shape index (κ2) is 8.26. The van der Waals surface area contributed by atoms with Crippen LogP contribution in [0.2, 0.25) is 5.02 Å². The van der Waals surface area contributed by atoms with Gasteiger partial charge in [-0.3, -0.25) is 14.2 Å². The van der Waals surface area contributed by atoms with E-state index in [1.165, 1.54) is 48.9 Å². The molecular formula is C19H22ClN7O4S. The van der Waals surface area contributed by atoms with Crippen LogP contribution in [0.25, 0.3) is 11.2 Å². The van der Waals surface area contributed by atoms with Crippen molar-refractivity contribution in [3.63, 3.8) is 0 Å². The van der Waals surface area contributed by atoms with Crippen LogP contribution in [0.4, 0.5) is 5.95 Å². The smallest absolute Gasteiger partial charge is 0.318 e. The Morgan fingerprint density at radius 2 is 1.66 bits per heavy atom. The van der Waals surface area contributed by atoms with Gasteiger partial charge in [0.1, 0.15) is 4.90 Å². The first-order valence-corrected chi connectivity index (χ1v) is 11.7. The molecule has 1 aliphatic heterocycles. The highest BCUT2D eigenvalue weighted by Crippen LogP contribution is 2.26. The van der Waals surface area contributed by atoms with E-state index in [0.29, 0.717) is 48.1 Å². The summed E-state index contributed by atoms with van der Waals surface area (Å²) < 4.78 is 28.2. The number of piperidine rings is 1. The van der Waals surface area contributed by atoms with Crippen LogP contribution >= 0.6 is 11.6 Å². The van der Waals surface area contributed by atoms with Gasteiger partial charge in [-0.15, -0.1) is 0 Å². The second-order valence-corrected chi connectivity index (χ2v) is 10.3. The zero-order valence-electron chi connectivity index (χ0n) is 17.8. The van der Waals surface area contributed by atoms with E-state index in [9.17, 15) is 18.0 Å². The van der Waals surface area contributed by atoms with Crippen molar-refractivity contribution in [1.29, 1.82) is 0 Å². The van der Waals surface area contributed by atoms with Crippen LogP contribution in [0.15, 0.2) is 39.1 Å². The molecule has 0 atom stereocenters. The third-order valence-corrected chi connectivity index (χ3v) is 7.59. The number of sulfonamides is 1. The number of fused-ring (bicyclic) bond motifs is 1. The Morgan fingerprint density at radius 1 is 1.03 bits per heavy atom. The van der Waals surface area contributed by atoms with Crippen LogP contribution in [0.3, 0.4) is 0 Å². The van der Waals surface area contributed by atoms with Crippen molar-refractivity contribution in [3.8, 4) is 0 Å². The first-order valence-electron chi connectivity index (χ1n) is 9.87. The molecule has 4 rings (SSSR count). The molecule has 1 fully saturated rings. The molecule has 0 aliphatic carbocycles. The Labute approximate surface area is 189 Å². The maximum atomic E-state index is 12.8. The van der Waals surface area contributed by atoms with Gasteiger partial charge in [-0.05, 0) is 18.9 Å². The summed E-state index contributed by atoms with van der Waals surface area (Å²) in [6.07, 6.45) is 5.16. The molecule has 0 radical (unpaired) electrons. The Balaban J connectivity index is 1.59. The first kappa shape index (κ1) is 22.4. The van der Waals surface area contributed by atoms with Gasteiger partial charge >= 0.3 is 11.1 Å². The standard InChI is InChI=1S/C19H22ClN7O4S/c1-24(2)32(30,31)14-10-22-19(23-11-14)26-6-4-13(5-7-26)27-16-15(8-12(20)9-21-16)25(3)17(28)18(27)29/h8-11,13H,4-7H2,1-3H3. The van der Waals surface area contributed by atoms with Crippen LogP contribution < -0.4 is 16.0 Å². The number of pyridine rings is 1. The molecule has 13 heteroatoms. The molecule has 170 valence electrons. The van der Waals surface area contributed by atoms with Crippen LogP contribution in [-0.2, 0) is 17.1 Å². The highest BCUT2D eigenvalue weighted by Gasteiger charge is 2.27. The minimum Gasteiger partial charge on any atom is -0.341 e. The predicted molar refractivity (Wildman–Crippen MR) is 120 cm³/mol. The molecule has 1 saturated heterocycles. The molecule has 4 heterocycles. The predicted octanol–water partition coefficient (Wildman–Crippen LogP) is 0.630. The van der Waals surface area contributed by atoms with E-state index in [0.717, 1.165) is 4.31 Å². The summed E-state index contributed by atoms with van der Waals surface area (Å²) in [4.78, 5) is 39.9. The lowest BCUT2D eigenvalue weighted by molar-refractivity contribution is 0.389. The number of aromatic nitrogens is 5. The average molecular weight is 480 g/mol. The van der Waals surface area contributed by atoms with Gasteiger partial charge in [0.05, 0.1) is 22.9 Å². The number of halogens is 1. The van der Waals surface area contributed by atoms with E-state index >= 15 is 0 Å². The van der Waals surface area contributed by atoms with Gasteiger partial charge in [-0.1, -0.05) is 11.6 Å². The molecule has 1 aliphatic rings. The summed E-state index contributed by atoms with van der Waals surface area (Å²) >= 11 is 6.04. The zero-order valence-corrected chi connectivity index (χ0v) is 19.3. The number of anilines is 1. The maximum Gasteiger partial charge on any atom is 0.318 e. The summed E-state index contributed by atoms with van der Waals surface area (Å²) in [5.74, 6) is 0.409. The summed E-state index contributed by atoms with van der Waals surface area (Å²) in [5.41, 5.74) is -0.354. The maximum absolute atomic E-state index is 12.8. The number of nitrogens with zero attached hydrogens (tertiary/aromatic N) is 7. The Bertz CT molecular complexity index is 1390. The SMILES string of the molecule is CN(C)S(=O)(=O)c1cnc(N2CCC(n3c(=O)c(=O)n(C)c4cc(Cl)cnc43)CC2)nc1. The van der Waals surface area contributed by atoms with Gasteiger partial charge in [0.2, 0.25) is 16.0 Å². The largest absolute Gasteiger partial charge is 0.341 e. The van der Waals surface area contributed by atoms with E-state index in [4.69, 9.17) is 11.6 Å². The zero-order chi connectivity index (χ0) is 23.2. The van der Waals surface area contributed by atoms with Gasteiger partial charge in [0.25, 0.3) is 0 Å². The molecule has 11 nitrogen and oxygen atoms in total. The number of hydrogen-bond acceptors (Lipinski definition) is 8. The van der Waals surface area contributed by atoms with Gasteiger partial charge < -0.3 is 9.47 Å². The quantitative estimate of drug-likeness (QED) is 0.499. The summed E-state index contributed by atoms with van der Waals surface area (Å²) in [6, 6.07) is 1.39. The van der Waals surface area contributed by atoms with Gasteiger partial charge in [-0.2, -0.15) is 0 Å². The number of rotatable bonds is 4. The number of hydrogen-bond donors (Lipinski definition) is 0. The van der Waals surface area contributed by atoms with Crippen LogP contribution in [0.1, 0.15) is 18.9 Å². The fraction of sp³-hybridized carbons (Fsp3) is 0.421. The monoisotopic (exact) mass is 479 g/mol. The first-order chi connectivity index (χ1) is 15.1. The molecule has 0 saturated carbocycles. The van der Waals surface area contributed by atoms with Crippen molar-refractivity contribution >= 4 is 38.7 Å². The fourth-order valence-electron chi connectivity index (χ4n) is 3.79. The molecule has 0 amide bonds. The average Bonchev–Trinajstić information content (AvgIpc) is 2.78. The van der Waals surface area contributed by atoms with Gasteiger partial charge in [0, 0.05) is 46.5 Å². The van der Waals surface area contributed by atoms with E-state index < -0.39 is 21.1 Å². The van der Waals surface area contributed by atoms with Crippen molar-refractivity contribution in [2.45, 2.75) is 23.8 Å². The van der Waals surface area contributed by atoms with Crippen molar-refractivity contribution in [2.75, 3.05) is 32.1 Å². The summed E-state index contributed by atoms with van der Waals surface area (Å²) in [6.45, 7) is 1.06. The van der Waals surface area contributed by atoms with Crippen LogP contribution in [0.5, 0.6) is 0 Å². The summed E-state index contributed by atoms with van der Waals surface area (Å²) in [5, 5.41) is 0.379. The van der Waals surface area contributed by atoms with Gasteiger partial charge in [-0.25, -0.2) is 27.7 Å². The van der Waals surface area contributed by atoms with Crippen molar-refractivity contribution in [3.05, 3.63) is 50.4 Å². The minimum atomic E-state index is -3.60. The van der Waals surface area contributed by atoms with Gasteiger partial charge in [0.15, 0.2) is 5.65 Å². The molecule has 0 unspecified atom stereocenters. The van der Waals surface area contributed by atoms with Crippen LogP contribution in [0, 0.1) is 0 Å². The minimum absolute atomic E-state index is 0.0176. The lowest BCUT2D eigenvalue weighted by atomic mass is 10.0. The Kier molecular flexibility index (Phi) is 5.77. The van der Waals surface area contributed by atoms with Crippen molar-refractivity contribution in [2.24, 2.45) is 7.05 Å². The molecular weight excluding hydrogens is 458 g/mol. The normalized spacial score (nSPS) is 15.6. The van der Waals surface area contributed by atoms with Crippen LogP contribution in [-0.4, -0.2) is 64.0 Å². The molecule has 3 aromatic heterocycles. The molecule has 3 aromatic rings. The van der Waals surface area contributed by atoms with Crippen molar-refractivity contribution in [1.82, 2.24) is 28.4 Å². The van der Waals surface area contributed by atoms with E-state index in [1.54, 1.807) is 6.07 Å². The Morgan fingerprint density at radius 3 is 2.25 bits per heavy atom. The molecule has 0 aromatic carbocycles. The lowest BCUT2D eigenvalue weighted by Crippen LogP contribution is -2.45. The fourth-order valence-corrected chi connectivity index (χ4v) is 4.73. The second-order valence-electron chi connectivity index (χ2n) is 7.76. The number of aryl methyl sites for hydroxylation is 1. The molecule has 0 N–H and O–H groups in total. The summed E-state index contributed by atoms with van der Waals surface area (Å²) in [7, 11) is 0.808. The van der Waals surface area contributed by atoms with E-state index in [1.807, 2.05) is 4.90 Å². The van der Waals surface area contributed by atoms with E-state index in [-0.39, 0.29) is 10.9 Å². The lowest BCUT2D eigenvalue weighted by Gasteiger charge is -2.33. The molecule has 0 bridgehead atoms. The molecule has 32 heavy (non-hydrogen) atoms. The van der Waals surface area contributed by atoms with E-state index in [2.05, 4.69) is 15.0 Å². The third kappa shape index (κ3) is 3.78. The Hall–Kier alpha value is -2.83. The van der Waals surface area contributed by atoms with Crippen molar-refractivity contribution < 1.29 is 8.42 Å². The third-order valence-electron chi connectivity index (χ3n) is 5.62. The highest BCUT2D eigenvalue weighted by atomic mass is 35.5. The highest BCUT2D eigenvalue weighted by molar-refractivity contribution is 7.89.